The minimum Gasteiger partial charge on any atom is -0.489 e. The van der Waals surface area contributed by atoms with Crippen molar-refractivity contribution in [1.82, 2.24) is 10.2 Å². The Morgan fingerprint density at radius 3 is 2.55 bits per heavy atom. The molecule has 1 N–H and O–H groups in total. The van der Waals surface area contributed by atoms with Gasteiger partial charge in [-0.1, -0.05) is 42.0 Å². The Balaban J connectivity index is 0.00000300. The van der Waals surface area contributed by atoms with Crippen LogP contribution in [0.1, 0.15) is 36.0 Å². The molecule has 4 nitrogen and oxygen atoms in total. The summed E-state index contributed by atoms with van der Waals surface area (Å²) in [5.74, 6) is 1.79. The summed E-state index contributed by atoms with van der Waals surface area (Å²) in [6.45, 7) is 5.46. The zero-order valence-corrected chi connectivity index (χ0v) is 18.3. The minimum absolute atomic E-state index is 0. The second kappa shape index (κ2) is 11.8. The van der Waals surface area contributed by atoms with Crippen molar-refractivity contribution in [1.29, 1.82) is 0 Å². The van der Waals surface area contributed by atoms with Crippen molar-refractivity contribution >= 4 is 18.3 Å². The van der Waals surface area contributed by atoms with Gasteiger partial charge in [0.25, 0.3) is 0 Å². The molecular formula is C24H33ClN2O2. The van der Waals surface area contributed by atoms with Gasteiger partial charge in [-0.3, -0.25) is 4.79 Å². The Labute approximate surface area is 181 Å². The molecule has 0 aromatic heterocycles. The van der Waals surface area contributed by atoms with Gasteiger partial charge >= 0.3 is 0 Å². The molecule has 1 aliphatic rings. The van der Waals surface area contributed by atoms with Gasteiger partial charge in [0.15, 0.2) is 0 Å². The normalized spacial score (nSPS) is 14.3. The van der Waals surface area contributed by atoms with Gasteiger partial charge in [0.2, 0.25) is 5.91 Å². The van der Waals surface area contributed by atoms with E-state index >= 15 is 0 Å². The molecule has 1 heterocycles. The molecule has 1 saturated heterocycles. The molecular weight excluding hydrogens is 384 g/mol. The van der Waals surface area contributed by atoms with Crippen LogP contribution in [0.4, 0.5) is 0 Å². The second-order valence-electron chi connectivity index (χ2n) is 7.82. The van der Waals surface area contributed by atoms with Crippen LogP contribution in [0.25, 0.3) is 0 Å². The quantitative estimate of drug-likeness (QED) is 0.694. The van der Waals surface area contributed by atoms with Crippen LogP contribution in [0.3, 0.4) is 0 Å². The summed E-state index contributed by atoms with van der Waals surface area (Å²) in [5, 5.41) is 3.22. The number of nitrogens with zero attached hydrogens (tertiary/aromatic N) is 1. The number of piperidine rings is 1. The summed E-state index contributed by atoms with van der Waals surface area (Å²) in [6.07, 6.45) is 3.89. The maximum absolute atomic E-state index is 12.7. The lowest BCUT2D eigenvalue weighted by Gasteiger charge is -2.32. The standard InChI is InChI=1S/C24H32N2O2.ClH/c1-19-5-3-7-22(15-19)18-28-23-8-4-6-21(16-23)17-24(27)26-13-10-20(11-14-26)9-12-25-2;/h3-8,15-16,20,25H,9-14,17-18H2,1-2H3;1H. The third-order valence-electron chi connectivity index (χ3n) is 5.51. The van der Waals surface area contributed by atoms with Gasteiger partial charge in [0.05, 0.1) is 6.42 Å². The number of halogens is 1. The maximum Gasteiger partial charge on any atom is 0.226 e. The van der Waals surface area contributed by atoms with Gasteiger partial charge in [-0.25, -0.2) is 0 Å². The third kappa shape index (κ3) is 7.37. The number of hydrogen-bond acceptors (Lipinski definition) is 3. The lowest BCUT2D eigenvalue weighted by atomic mass is 9.93. The molecule has 0 unspecified atom stereocenters. The van der Waals surface area contributed by atoms with Crippen molar-refractivity contribution in [3.63, 3.8) is 0 Å². The summed E-state index contributed by atoms with van der Waals surface area (Å²) in [6, 6.07) is 16.3. The smallest absolute Gasteiger partial charge is 0.226 e. The van der Waals surface area contributed by atoms with E-state index in [2.05, 4.69) is 30.4 Å². The Kier molecular flexibility index (Phi) is 9.49. The molecule has 2 aromatic rings. The highest BCUT2D eigenvalue weighted by atomic mass is 35.5. The van der Waals surface area contributed by atoms with Crippen molar-refractivity contribution in [2.45, 2.75) is 39.2 Å². The van der Waals surface area contributed by atoms with E-state index in [0.29, 0.717) is 13.0 Å². The average Bonchev–Trinajstić information content (AvgIpc) is 2.71. The predicted octanol–water partition coefficient (Wildman–Crippen LogP) is 4.39. The fourth-order valence-corrected chi connectivity index (χ4v) is 3.82. The minimum atomic E-state index is 0. The molecule has 0 spiro atoms. The van der Waals surface area contributed by atoms with Crippen molar-refractivity contribution in [2.75, 3.05) is 26.7 Å². The van der Waals surface area contributed by atoms with E-state index in [1.165, 1.54) is 12.0 Å². The Morgan fingerprint density at radius 1 is 1.10 bits per heavy atom. The number of benzene rings is 2. The monoisotopic (exact) mass is 416 g/mol. The molecule has 1 amide bonds. The Hall–Kier alpha value is -2.04. The number of hydrogen-bond donors (Lipinski definition) is 1. The van der Waals surface area contributed by atoms with Gasteiger partial charge in [-0.15, -0.1) is 12.4 Å². The highest BCUT2D eigenvalue weighted by molar-refractivity contribution is 5.85. The number of ether oxygens (including phenoxy) is 1. The van der Waals surface area contributed by atoms with Crippen molar-refractivity contribution in [3.8, 4) is 5.75 Å². The summed E-state index contributed by atoms with van der Waals surface area (Å²) >= 11 is 0. The van der Waals surface area contributed by atoms with E-state index in [1.54, 1.807) is 0 Å². The number of nitrogens with one attached hydrogen (secondary N) is 1. The zero-order chi connectivity index (χ0) is 19.8. The van der Waals surface area contributed by atoms with Gasteiger partial charge in [-0.05, 0) is 69.0 Å². The molecule has 5 heteroatoms. The number of carbonyl (C=O) groups excluding carboxylic acids is 1. The molecule has 0 atom stereocenters. The van der Waals surface area contributed by atoms with E-state index in [0.717, 1.165) is 55.3 Å². The summed E-state index contributed by atoms with van der Waals surface area (Å²) in [4.78, 5) is 14.7. The van der Waals surface area contributed by atoms with E-state index in [4.69, 9.17) is 4.74 Å². The van der Waals surface area contributed by atoms with Gasteiger partial charge < -0.3 is 15.0 Å². The summed E-state index contributed by atoms with van der Waals surface area (Å²) < 4.78 is 5.94. The maximum atomic E-state index is 12.7. The molecule has 1 aliphatic heterocycles. The Morgan fingerprint density at radius 2 is 1.83 bits per heavy atom. The molecule has 0 radical (unpaired) electrons. The van der Waals surface area contributed by atoms with Crippen LogP contribution in [0.2, 0.25) is 0 Å². The van der Waals surface area contributed by atoms with Crippen LogP contribution < -0.4 is 10.1 Å². The first-order chi connectivity index (χ1) is 13.6. The van der Waals surface area contributed by atoms with Crippen LogP contribution in [0.15, 0.2) is 48.5 Å². The molecule has 1 fully saturated rings. The van der Waals surface area contributed by atoms with Crippen molar-refractivity contribution in [3.05, 3.63) is 65.2 Å². The second-order valence-corrected chi connectivity index (χ2v) is 7.82. The predicted molar refractivity (Wildman–Crippen MR) is 121 cm³/mol. The van der Waals surface area contributed by atoms with Gasteiger partial charge in [0.1, 0.15) is 12.4 Å². The molecule has 0 aliphatic carbocycles. The summed E-state index contributed by atoms with van der Waals surface area (Å²) in [5.41, 5.74) is 3.40. The van der Waals surface area contributed by atoms with E-state index in [-0.39, 0.29) is 18.3 Å². The first-order valence-electron chi connectivity index (χ1n) is 10.3. The number of likely N-dealkylation sites (tertiary alicyclic amines) is 1. The highest BCUT2D eigenvalue weighted by Crippen LogP contribution is 2.21. The van der Waals surface area contributed by atoms with Crippen LogP contribution in [-0.2, 0) is 17.8 Å². The van der Waals surface area contributed by atoms with Gasteiger partial charge in [0, 0.05) is 13.1 Å². The van der Waals surface area contributed by atoms with E-state index in [9.17, 15) is 4.79 Å². The topological polar surface area (TPSA) is 41.6 Å². The van der Waals surface area contributed by atoms with Crippen LogP contribution in [0, 0.1) is 12.8 Å². The van der Waals surface area contributed by atoms with E-state index in [1.807, 2.05) is 42.3 Å². The lowest BCUT2D eigenvalue weighted by Crippen LogP contribution is -2.39. The molecule has 2 aromatic carbocycles. The largest absolute Gasteiger partial charge is 0.489 e. The highest BCUT2D eigenvalue weighted by Gasteiger charge is 2.22. The van der Waals surface area contributed by atoms with Crippen molar-refractivity contribution < 1.29 is 9.53 Å². The van der Waals surface area contributed by atoms with Crippen LogP contribution in [-0.4, -0.2) is 37.5 Å². The number of rotatable bonds is 8. The fraction of sp³-hybridized carbons (Fsp3) is 0.458. The molecule has 0 saturated carbocycles. The molecule has 0 bridgehead atoms. The van der Waals surface area contributed by atoms with Crippen LogP contribution >= 0.6 is 12.4 Å². The van der Waals surface area contributed by atoms with Crippen molar-refractivity contribution in [2.24, 2.45) is 5.92 Å². The number of amides is 1. The lowest BCUT2D eigenvalue weighted by molar-refractivity contribution is -0.131. The SMILES string of the molecule is CNCCC1CCN(C(=O)Cc2cccc(OCc3cccc(C)c3)c2)CC1.Cl. The zero-order valence-electron chi connectivity index (χ0n) is 17.5. The Bertz CT molecular complexity index is 773. The molecule has 29 heavy (non-hydrogen) atoms. The fourth-order valence-electron chi connectivity index (χ4n) is 3.82. The first-order valence-corrected chi connectivity index (χ1v) is 10.3. The molecule has 3 rings (SSSR count). The number of carbonyl (C=O) groups is 1. The number of aryl methyl sites for hydroxylation is 1. The average molecular weight is 417 g/mol. The molecule has 158 valence electrons. The first kappa shape index (κ1) is 23.2. The van der Waals surface area contributed by atoms with Gasteiger partial charge in [-0.2, -0.15) is 0 Å². The van der Waals surface area contributed by atoms with E-state index < -0.39 is 0 Å². The third-order valence-corrected chi connectivity index (χ3v) is 5.51. The summed E-state index contributed by atoms with van der Waals surface area (Å²) in [7, 11) is 2.00. The van der Waals surface area contributed by atoms with Crippen LogP contribution in [0.5, 0.6) is 5.75 Å².